The Morgan fingerprint density at radius 1 is 1.17 bits per heavy atom. The van der Waals surface area contributed by atoms with Gasteiger partial charge in [0.1, 0.15) is 5.02 Å². The van der Waals surface area contributed by atoms with Crippen LogP contribution in [0, 0.1) is 13.8 Å². The molecule has 154 valence electrons. The van der Waals surface area contributed by atoms with Crippen LogP contribution in [-0.4, -0.2) is 20.5 Å². The highest BCUT2D eigenvalue weighted by Gasteiger charge is 2.36. The molecule has 10 heteroatoms. The SMILES string of the molecule is Cc1ccc(NC(=O)c2nn3c(C(F)(F)F)cc(-c4cccs4)nc3c2Cl)cc1C. The molecule has 3 heterocycles. The van der Waals surface area contributed by atoms with Gasteiger partial charge in [0.2, 0.25) is 0 Å². The molecule has 0 saturated carbocycles. The van der Waals surface area contributed by atoms with Crippen LogP contribution in [0.1, 0.15) is 27.3 Å². The summed E-state index contributed by atoms with van der Waals surface area (Å²) in [6, 6.07) is 9.53. The van der Waals surface area contributed by atoms with Crippen molar-refractivity contribution < 1.29 is 18.0 Å². The van der Waals surface area contributed by atoms with Crippen LogP contribution < -0.4 is 5.32 Å². The maximum absolute atomic E-state index is 13.7. The number of anilines is 1. The van der Waals surface area contributed by atoms with E-state index in [1.54, 1.807) is 29.6 Å². The van der Waals surface area contributed by atoms with Gasteiger partial charge in [-0.15, -0.1) is 11.3 Å². The van der Waals surface area contributed by atoms with Crippen molar-refractivity contribution in [2.45, 2.75) is 20.0 Å². The second kappa shape index (κ2) is 7.41. The summed E-state index contributed by atoms with van der Waals surface area (Å²) < 4.78 is 41.6. The molecule has 0 unspecified atom stereocenters. The summed E-state index contributed by atoms with van der Waals surface area (Å²) in [6.45, 7) is 3.81. The van der Waals surface area contributed by atoms with Crippen molar-refractivity contribution in [2.24, 2.45) is 0 Å². The third-order valence-corrected chi connectivity index (χ3v) is 5.82. The van der Waals surface area contributed by atoms with E-state index >= 15 is 0 Å². The van der Waals surface area contributed by atoms with Crippen molar-refractivity contribution in [2.75, 3.05) is 5.32 Å². The molecule has 0 aliphatic heterocycles. The predicted molar refractivity (Wildman–Crippen MR) is 110 cm³/mol. The van der Waals surface area contributed by atoms with Crippen LogP contribution >= 0.6 is 22.9 Å². The molecular weight excluding hydrogens is 437 g/mol. The largest absolute Gasteiger partial charge is 0.433 e. The first-order valence-corrected chi connectivity index (χ1v) is 10.00. The topological polar surface area (TPSA) is 59.3 Å². The van der Waals surface area contributed by atoms with E-state index in [2.05, 4.69) is 15.4 Å². The Morgan fingerprint density at radius 3 is 2.57 bits per heavy atom. The average molecular weight is 451 g/mol. The lowest BCUT2D eigenvalue weighted by Gasteiger charge is -2.10. The standard InChI is InChI=1S/C20H14ClF3N4OS/c1-10-5-6-12(8-11(10)2)25-19(29)17-16(21)18-26-13(14-4-3-7-30-14)9-15(20(22,23)24)28(18)27-17/h3-9H,1-2H3,(H,25,29). The summed E-state index contributed by atoms with van der Waals surface area (Å²) in [5.41, 5.74) is 0.945. The number of hydrogen-bond donors (Lipinski definition) is 1. The zero-order valence-corrected chi connectivity index (χ0v) is 17.3. The number of hydrogen-bond acceptors (Lipinski definition) is 4. The van der Waals surface area contributed by atoms with E-state index in [9.17, 15) is 18.0 Å². The van der Waals surface area contributed by atoms with Crippen molar-refractivity contribution in [3.8, 4) is 10.6 Å². The molecule has 5 nitrogen and oxygen atoms in total. The van der Waals surface area contributed by atoms with E-state index in [1.807, 2.05) is 19.9 Å². The number of alkyl halides is 3. The lowest BCUT2D eigenvalue weighted by atomic mass is 10.1. The van der Waals surface area contributed by atoms with Crippen LogP contribution in [0.15, 0.2) is 41.8 Å². The van der Waals surface area contributed by atoms with Crippen LogP contribution in [0.5, 0.6) is 0 Å². The van der Waals surface area contributed by atoms with Gasteiger partial charge in [0, 0.05) is 5.69 Å². The number of amides is 1. The van der Waals surface area contributed by atoms with Gasteiger partial charge in [-0.25, -0.2) is 9.50 Å². The van der Waals surface area contributed by atoms with E-state index in [4.69, 9.17) is 11.6 Å². The smallest absolute Gasteiger partial charge is 0.321 e. The van der Waals surface area contributed by atoms with Gasteiger partial charge in [-0.1, -0.05) is 23.7 Å². The Kier molecular flexibility index (Phi) is 5.03. The second-order valence-corrected chi connectivity index (χ2v) is 7.98. The van der Waals surface area contributed by atoms with Crippen LogP contribution in [-0.2, 0) is 6.18 Å². The maximum Gasteiger partial charge on any atom is 0.433 e. The summed E-state index contributed by atoms with van der Waals surface area (Å²) in [6.07, 6.45) is -4.72. The minimum atomic E-state index is -4.72. The summed E-state index contributed by atoms with van der Waals surface area (Å²) >= 11 is 7.50. The number of aryl methyl sites for hydroxylation is 2. The van der Waals surface area contributed by atoms with Crippen LogP contribution in [0.4, 0.5) is 18.9 Å². The van der Waals surface area contributed by atoms with Gasteiger partial charge in [-0.2, -0.15) is 18.3 Å². The van der Waals surface area contributed by atoms with E-state index < -0.39 is 17.8 Å². The molecule has 30 heavy (non-hydrogen) atoms. The molecule has 0 spiro atoms. The number of rotatable bonds is 3. The van der Waals surface area contributed by atoms with E-state index in [0.717, 1.165) is 17.2 Å². The molecule has 0 bridgehead atoms. The van der Waals surface area contributed by atoms with Crippen molar-refractivity contribution in [1.82, 2.24) is 14.6 Å². The fourth-order valence-corrected chi connectivity index (χ4v) is 3.83. The van der Waals surface area contributed by atoms with Crippen molar-refractivity contribution in [3.63, 3.8) is 0 Å². The van der Waals surface area contributed by atoms with Gasteiger partial charge >= 0.3 is 6.18 Å². The number of thiophene rings is 1. The van der Waals surface area contributed by atoms with E-state index in [-0.39, 0.29) is 22.1 Å². The third-order valence-electron chi connectivity index (χ3n) is 4.58. The minimum Gasteiger partial charge on any atom is -0.321 e. The monoisotopic (exact) mass is 450 g/mol. The van der Waals surface area contributed by atoms with Crippen LogP contribution in [0.3, 0.4) is 0 Å². The quantitative estimate of drug-likeness (QED) is 0.416. The summed E-state index contributed by atoms with van der Waals surface area (Å²) in [5, 5.41) is 7.93. The number of nitrogens with one attached hydrogen (secondary N) is 1. The van der Waals surface area contributed by atoms with Crippen molar-refractivity contribution >= 4 is 40.2 Å². The summed E-state index contributed by atoms with van der Waals surface area (Å²) in [5.74, 6) is -0.723. The number of fused-ring (bicyclic) bond motifs is 1. The fourth-order valence-electron chi connectivity index (χ4n) is 2.90. The molecule has 0 fully saturated rings. The van der Waals surface area contributed by atoms with Gasteiger partial charge in [0.05, 0.1) is 10.6 Å². The zero-order chi connectivity index (χ0) is 21.6. The highest BCUT2D eigenvalue weighted by atomic mass is 35.5. The van der Waals surface area contributed by atoms with E-state index in [1.165, 1.54) is 11.3 Å². The first-order valence-electron chi connectivity index (χ1n) is 8.74. The molecule has 1 N–H and O–H groups in total. The molecule has 4 aromatic rings. The molecule has 0 aliphatic carbocycles. The molecule has 3 aromatic heterocycles. The van der Waals surface area contributed by atoms with Gasteiger partial charge in [-0.05, 0) is 54.6 Å². The van der Waals surface area contributed by atoms with Crippen LogP contribution in [0.2, 0.25) is 5.02 Å². The summed E-state index contributed by atoms with van der Waals surface area (Å²) in [7, 11) is 0. The van der Waals surface area contributed by atoms with E-state index in [0.29, 0.717) is 15.1 Å². The highest BCUT2D eigenvalue weighted by molar-refractivity contribution is 7.13. The van der Waals surface area contributed by atoms with Crippen molar-refractivity contribution in [1.29, 1.82) is 0 Å². The molecule has 0 saturated heterocycles. The average Bonchev–Trinajstić information content (AvgIpc) is 3.32. The highest BCUT2D eigenvalue weighted by Crippen LogP contribution is 2.35. The number of carbonyl (C=O) groups is 1. The molecule has 0 radical (unpaired) electrons. The minimum absolute atomic E-state index is 0.104. The molecule has 0 aliphatic rings. The number of halogens is 4. The number of aromatic nitrogens is 3. The van der Waals surface area contributed by atoms with Crippen LogP contribution in [0.25, 0.3) is 16.2 Å². The molecule has 1 amide bonds. The number of carbonyl (C=O) groups excluding carboxylic acids is 1. The Morgan fingerprint density at radius 2 is 1.93 bits per heavy atom. The van der Waals surface area contributed by atoms with Crippen molar-refractivity contribution in [3.05, 3.63) is 69.3 Å². The lowest BCUT2D eigenvalue weighted by Crippen LogP contribution is -2.16. The van der Waals surface area contributed by atoms with Gasteiger partial charge in [0.25, 0.3) is 5.91 Å². The first kappa shape index (κ1) is 20.4. The third kappa shape index (κ3) is 3.66. The van der Waals surface area contributed by atoms with Gasteiger partial charge in [-0.3, -0.25) is 4.79 Å². The molecule has 0 atom stereocenters. The molecular formula is C20H14ClF3N4OS. The normalized spacial score (nSPS) is 11.8. The maximum atomic E-state index is 13.7. The number of benzene rings is 1. The second-order valence-electron chi connectivity index (χ2n) is 6.65. The van der Waals surface area contributed by atoms with Gasteiger partial charge in [0.15, 0.2) is 17.0 Å². The fraction of sp³-hybridized carbons (Fsp3) is 0.150. The Labute approximate surface area is 178 Å². The Hall–Kier alpha value is -2.91. The zero-order valence-electron chi connectivity index (χ0n) is 15.7. The summed E-state index contributed by atoms with van der Waals surface area (Å²) in [4.78, 5) is 17.5. The Balaban J connectivity index is 1.82. The lowest BCUT2D eigenvalue weighted by molar-refractivity contribution is -0.142. The first-order chi connectivity index (χ1) is 14.1. The van der Waals surface area contributed by atoms with Gasteiger partial charge < -0.3 is 5.32 Å². The molecule has 4 rings (SSSR count). The Bertz CT molecular complexity index is 1270. The predicted octanol–water partition coefficient (Wildman–Crippen LogP) is 6.00. The molecule has 1 aromatic carbocycles. The number of nitrogens with zero attached hydrogens (tertiary/aromatic N) is 3.